The molecule has 2 aliphatic rings. The normalized spacial score (nSPS) is 23.0. The van der Waals surface area contributed by atoms with Crippen LogP contribution in [0.25, 0.3) is 0 Å². The number of nitrogens with zero attached hydrogens (tertiary/aromatic N) is 2. The minimum Gasteiger partial charge on any atom is -0.379 e. The minimum absolute atomic E-state index is 0.124. The number of carbonyl (C=O) groups is 2. The Morgan fingerprint density at radius 2 is 1.81 bits per heavy atom. The van der Waals surface area contributed by atoms with Crippen LogP contribution in [0.3, 0.4) is 0 Å². The molecule has 31 heavy (non-hydrogen) atoms. The second kappa shape index (κ2) is 8.88. The number of benzene rings is 2. The minimum atomic E-state index is -0.469. The summed E-state index contributed by atoms with van der Waals surface area (Å²) in [6, 6.07) is 14.6. The summed E-state index contributed by atoms with van der Waals surface area (Å²) >= 11 is 0. The third kappa shape index (κ3) is 4.31. The molecule has 0 radical (unpaired) electrons. The van der Waals surface area contributed by atoms with Crippen molar-refractivity contribution in [2.45, 2.75) is 39.0 Å². The lowest BCUT2D eigenvalue weighted by atomic mass is 9.76. The van der Waals surface area contributed by atoms with E-state index >= 15 is 0 Å². The Kier molecular flexibility index (Phi) is 6.02. The molecule has 0 aromatic heterocycles. The van der Waals surface area contributed by atoms with Crippen LogP contribution in [-0.4, -0.2) is 23.3 Å². The molecule has 4 rings (SSSR count). The molecule has 162 valence electrons. The van der Waals surface area contributed by atoms with Gasteiger partial charge in [-0.2, -0.15) is 0 Å². The molecule has 0 bridgehead atoms. The van der Waals surface area contributed by atoms with E-state index in [9.17, 15) is 19.7 Å². The van der Waals surface area contributed by atoms with E-state index in [-0.39, 0.29) is 29.3 Å². The highest BCUT2D eigenvalue weighted by Crippen LogP contribution is 2.43. The average Bonchev–Trinajstić information content (AvgIpc) is 3.01. The zero-order valence-corrected chi connectivity index (χ0v) is 17.6. The van der Waals surface area contributed by atoms with Gasteiger partial charge in [0, 0.05) is 12.6 Å². The summed E-state index contributed by atoms with van der Waals surface area (Å²) in [6.45, 7) is 2.68. The number of amides is 2. The Morgan fingerprint density at radius 3 is 2.55 bits per heavy atom. The molecule has 2 fully saturated rings. The van der Waals surface area contributed by atoms with Gasteiger partial charge in [0.25, 0.3) is 5.69 Å². The van der Waals surface area contributed by atoms with Gasteiger partial charge in [-0.25, -0.2) is 4.90 Å². The molecule has 2 aromatic carbocycles. The summed E-state index contributed by atoms with van der Waals surface area (Å²) in [6.07, 6.45) is 4.04. The number of carbonyl (C=O) groups excluding carboxylic acids is 2. The fourth-order valence-electron chi connectivity index (χ4n) is 4.76. The molecule has 7 nitrogen and oxygen atoms in total. The molecule has 1 N–H and O–H groups in total. The molecule has 2 aromatic rings. The van der Waals surface area contributed by atoms with E-state index in [4.69, 9.17) is 0 Å². The largest absolute Gasteiger partial charge is 0.379 e. The highest BCUT2D eigenvalue weighted by molar-refractivity contribution is 6.22. The van der Waals surface area contributed by atoms with Crippen LogP contribution in [0.1, 0.15) is 38.2 Å². The number of rotatable bonds is 7. The predicted molar refractivity (Wildman–Crippen MR) is 119 cm³/mol. The fourth-order valence-corrected chi connectivity index (χ4v) is 4.76. The number of imide groups is 1. The van der Waals surface area contributed by atoms with Crippen LogP contribution >= 0.6 is 0 Å². The lowest BCUT2D eigenvalue weighted by Crippen LogP contribution is -2.31. The van der Waals surface area contributed by atoms with Crippen LogP contribution in [0.15, 0.2) is 48.5 Å². The maximum absolute atomic E-state index is 12.9. The quantitative estimate of drug-likeness (QED) is 0.306. The first-order chi connectivity index (χ1) is 15.0. The summed E-state index contributed by atoms with van der Waals surface area (Å²) in [5, 5.41) is 14.8. The summed E-state index contributed by atoms with van der Waals surface area (Å²) in [7, 11) is 0. The fraction of sp³-hybridized carbons (Fsp3) is 0.417. The monoisotopic (exact) mass is 421 g/mol. The zero-order chi connectivity index (χ0) is 22.0. The smallest absolute Gasteiger partial charge is 0.294 e. The number of aryl methyl sites for hydroxylation is 1. The predicted octanol–water partition coefficient (Wildman–Crippen LogP) is 4.57. The third-order valence-electron chi connectivity index (χ3n) is 6.42. The van der Waals surface area contributed by atoms with Crippen LogP contribution in [0, 0.1) is 27.9 Å². The van der Waals surface area contributed by atoms with Crippen molar-refractivity contribution in [3.63, 3.8) is 0 Å². The Labute approximate surface area is 181 Å². The van der Waals surface area contributed by atoms with Crippen molar-refractivity contribution < 1.29 is 14.5 Å². The summed E-state index contributed by atoms with van der Waals surface area (Å²) in [4.78, 5) is 38.2. The Balaban J connectivity index is 1.47. The highest BCUT2D eigenvalue weighted by Gasteiger charge is 2.50. The maximum atomic E-state index is 12.9. The second-order valence-corrected chi connectivity index (χ2v) is 8.62. The Hall–Kier alpha value is -3.22. The summed E-state index contributed by atoms with van der Waals surface area (Å²) in [5.74, 6) is -0.626. The molecule has 7 heteroatoms. The van der Waals surface area contributed by atoms with E-state index < -0.39 is 4.92 Å². The Morgan fingerprint density at radius 1 is 1.06 bits per heavy atom. The molecule has 0 unspecified atom stereocenters. The van der Waals surface area contributed by atoms with Gasteiger partial charge in [-0.05, 0) is 55.7 Å². The molecule has 1 saturated heterocycles. The summed E-state index contributed by atoms with van der Waals surface area (Å²) < 4.78 is 0. The number of nitro benzene ring substituents is 1. The Bertz CT molecular complexity index is 992. The van der Waals surface area contributed by atoms with Crippen LogP contribution in [0.4, 0.5) is 17.1 Å². The molecular weight excluding hydrogens is 394 g/mol. The number of fused-ring (bicyclic) bond motifs is 1. The van der Waals surface area contributed by atoms with Crippen molar-refractivity contribution in [3.05, 3.63) is 64.2 Å². The first kappa shape index (κ1) is 21.0. The van der Waals surface area contributed by atoms with Crippen molar-refractivity contribution in [2.75, 3.05) is 16.8 Å². The van der Waals surface area contributed by atoms with Gasteiger partial charge < -0.3 is 5.32 Å². The first-order valence-corrected chi connectivity index (χ1v) is 10.9. The van der Waals surface area contributed by atoms with Gasteiger partial charge in [-0.1, -0.05) is 37.3 Å². The molecule has 3 atom stereocenters. The molecular formula is C24H27N3O4. The van der Waals surface area contributed by atoms with Crippen molar-refractivity contribution >= 4 is 28.9 Å². The van der Waals surface area contributed by atoms with Gasteiger partial charge in [0.1, 0.15) is 5.69 Å². The van der Waals surface area contributed by atoms with E-state index in [2.05, 4.69) is 24.4 Å². The van der Waals surface area contributed by atoms with Crippen molar-refractivity contribution in [2.24, 2.45) is 17.8 Å². The number of nitrogens with one attached hydrogen (secondary N) is 1. The van der Waals surface area contributed by atoms with E-state index in [0.29, 0.717) is 36.7 Å². The van der Waals surface area contributed by atoms with Gasteiger partial charge >= 0.3 is 0 Å². The van der Waals surface area contributed by atoms with Crippen molar-refractivity contribution in [1.29, 1.82) is 0 Å². The molecule has 0 spiro atoms. The number of nitro groups is 1. The van der Waals surface area contributed by atoms with Gasteiger partial charge in [0.05, 0.1) is 22.4 Å². The van der Waals surface area contributed by atoms with E-state index in [0.717, 1.165) is 19.3 Å². The summed E-state index contributed by atoms with van der Waals surface area (Å²) in [5.41, 5.74) is 1.78. The van der Waals surface area contributed by atoms with Gasteiger partial charge in [-0.15, -0.1) is 0 Å². The van der Waals surface area contributed by atoms with E-state index in [1.165, 1.54) is 16.5 Å². The van der Waals surface area contributed by atoms with Crippen molar-refractivity contribution in [3.8, 4) is 0 Å². The number of anilines is 2. The van der Waals surface area contributed by atoms with Gasteiger partial charge in [0.15, 0.2) is 0 Å². The lowest BCUT2D eigenvalue weighted by molar-refractivity contribution is -0.383. The topological polar surface area (TPSA) is 92.6 Å². The molecule has 1 heterocycles. The van der Waals surface area contributed by atoms with E-state index in [1.54, 1.807) is 12.1 Å². The second-order valence-electron chi connectivity index (χ2n) is 8.62. The maximum Gasteiger partial charge on any atom is 0.294 e. The standard InChI is InChI=1S/C24H27N3O4/c1-16-9-11-19-20(14-16)24(29)26(23(19)28)18-10-12-21(22(15-18)27(30)31)25-13-5-8-17-6-3-2-4-7-17/h2-4,6-7,10,12,15-16,19-20,25H,5,8-9,11,13-14H2,1H3/t16-,19-,20-/m1/s1. The third-order valence-corrected chi connectivity index (χ3v) is 6.42. The van der Waals surface area contributed by atoms with Crippen LogP contribution in [0.5, 0.6) is 0 Å². The highest BCUT2D eigenvalue weighted by atomic mass is 16.6. The number of hydrogen-bond donors (Lipinski definition) is 1. The molecule has 2 amide bonds. The molecule has 1 aliphatic carbocycles. The SMILES string of the molecule is C[C@@H]1CC[C@H]2C(=O)N(c3ccc(NCCCc4ccccc4)c([N+](=O)[O-])c3)C(=O)[C@@H]2C1. The first-order valence-electron chi connectivity index (χ1n) is 10.9. The van der Waals surface area contributed by atoms with Crippen LogP contribution in [-0.2, 0) is 16.0 Å². The van der Waals surface area contributed by atoms with Gasteiger partial charge in [0.2, 0.25) is 11.8 Å². The average molecular weight is 421 g/mol. The lowest BCUT2D eigenvalue weighted by Gasteiger charge is -2.25. The van der Waals surface area contributed by atoms with Crippen molar-refractivity contribution in [1.82, 2.24) is 0 Å². The van der Waals surface area contributed by atoms with Gasteiger partial charge in [-0.3, -0.25) is 19.7 Å². The number of hydrogen-bond acceptors (Lipinski definition) is 5. The van der Waals surface area contributed by atoms with Crippen LogP contribution in [0.2, 0.25) is 0 Å². The molecule has 1 saturated carbocycles. The van der Waals surface area contributed by atoms with E-state index in [1.807, 2.05) is 18.2 Å². The van der Waals surface area contributed by atoms with Crippen LogP contribution < -0.4 is 10.2 Å². The molecule has 1 aliphatic heterocycles. The zero-order valence-electron chi connectivity index (χ0n) is 17.6.